The number of anilines is 1. The van der Waals surface area contributed by atoms with Crippen molar-refractivity contribution in [2.75, 3.05) is 5.32 Å². The molecule has 0 aliphatic rings. The quantitative estimate of drug-likeness (QED) is 0.735. The van der Waals surface area contributed by atoms with Crippen LogP contribution in [-0.4, -0.2) is 23.0 Å². The zero-order chi connectivity index (χ0) is 18.0. The monoisotopic (exact) mass is 338 g/mol. The van der Waals surface area contributed by atoms with Crippen molar-refractivity contribution in [3.63, 3.8) is 0 Å². The van der Waals surface area contributed by atoms with Crippen LogP contribution in [0.5, 0.6) is 0 Å². The van der Waals surface area contributed by atoms with Crippen LogP contribution >= 0.6 is 0 Å². The van der Waals surface area contributed by atoms with Crippen molar-refractivity contribution in [3.05, 3.63) is 59.5 Å². The number of hydrogen-bond donors (Lipinski definition) is 1. The molecule has 0 aliphatic carbocycles. The van der Waals surface area contributed by atoms with Gasteiger partial charge in [-0.15, -0.1) is 0 Å². The lowest BCUT2D eigenvalue weighted by Crippen LogP contribution is -2.30. The Hall–Kier alpha value is -3.15. The summed E-state index contributed by atoms with van der Waals surface area (Å²) in [4.78, 5) is 28.4. The van der Waals surface area contributed by atoms with Crippen LogP contribution in [0.2, 0.25) is 0 Å². The number of nitrogens with one attached hydrogen (secondary N) is 1. The molecule has 25 heavy (non-hydrogen) atoms. The van der Waals surface area contributed by atoms with Gasteiger partial charge in [0.1, 0.15) is 5.52 Å². The van der Waals surface area contributed by atoms with Gasteiger partial charge in [-0.1, -0.05) is 6.07 Å². The molecule has 1 unspecified atom stereocenters. The van der Waals surface area contributed by atoms with Gasteiger partial charge in [-0.05, 0) is 62.2 Å². The van der Waals surface area contributed by atoms with Gasteiger partial charge in [-0.2, -0.15) is 0 Å². The molecule has 0 radical (unpaired) electrons. The number of carbonyl (C=O) groups is 2. The van der Waals surface area contributed by atoms with Gasteiger partial charge < -0.3 is 14.5 Å². The summed E-state index contributed by atoms with van der Waals surface area (Å²) in [5.74, 6) is -0.980. The molecule has 0 bridgehead atoms. The van der Waals surface area contributed by atoms with Crippen LogP contribution in [-0.2, 0) is 9.53 Å². The van der Waals surface area contributed by atoms with E-state index in [1.54, 1.807) is 18.2 Å². The predicted molar refractivity (Wildman–Crippen MR) is 93.4 cm³/mol. The van der Waals surface area contributed by atoms with Crippen LogP contribution in [0.3, 0.4) is 0 Å². The maximum Gasteiger partial charge on any atom is 0.338 e. The first-order valence-electron chi connectivity index (χ1n) is 7.86. The van der Waals surface area contributed by atoms with E-state index in [-0.39, 0.29) is 5.91 Å². The molecule has 6 nitrogen and oxygen atoms in total. The van der Waals surface area contributed by atoms with Gasteiger partial charge in [0.2, 0.25) is 0 Å². The summed E-state index contributed by atoms with van der Waals surface area (Å²) in [6, 6.07) is 10.4. The highest BCUT2D eigenvalue weighted by molar-refractivity contribution is 5.98. The molecule has 1 amide bonds. The van der Waals surface area contributed by atoms with E-state index in [0.29, 0.717) is 22.4 Å². The van der Waals surface area contributed by atoms with Gasteiger partial charge in [0, 0.05) is 5.69 Å². The Balaban J connectivity index is 1.65. The first kappa shape index (κ1) is 16.7. The predicted octanol–water partition coefficient (Wildman–Crippen LogP) is 3.63. The van der Waals surface area contributed by atoms with Crippen molar-refractivity contribution in [3.8, 4) is 0 Å². The molecule has 6 heteroatoms. The molecular weight excluding hydrogens is 320 g/mol. The summed E-state index contributed by atoms with van der Waals surface area (Å²) in [6.07, 6.45) is 0.376. The molecule has 0 spiro atoms. The van der Waals surface area contributed by atoms with E-state index in [2.05, 4.69) is 10.3 Å². The molecular formula is C19H18N2O4. The Morgan fingerprint density at radius 1 is 1.12 bits per heavy atom. The van der Waals surface area contributed by atoms with Gasteiger partial charge in [-0.25, -0.2) is 9.78 Å². The van der Waals surface area contributed by atoms with Crippen molar-refractivity contribution >= 4 is 28.7 Å². The maximum atomic E-state index is 12.2. The van der Waals surface area contributed by atoms with Gasteiger partial charge in [0.15, 0.2) is 18.1 Å². The van der Waals surface area contributed by atoms with Crippen molar-refractivity contribution in [1.29, 1.82) is 0 Å². The second kappa shape index (κ2) is 6.76. The van der Waals surface area contributed by atoms with Crippen molar-refractivity contribution in [2.24, 2.45) is 0 Å². The summed E-state index contributed by atoms with van der Waals surface area (Å²) in [6.45, 7) is 5.49. The van der Waals surface area contributed by atoms with E-state index in [1.165, 1.54) is 13.3 Å². The second-order valence-electron chi connectivity index (χ2n) is 5.87. The molecule has 3 aromatic rings. The number of esters is 1. The van der Waals surface area contributed by atoms with Crippen LogP contribution in [0.4, 0.5) is 5.69 Å². The Labute approximate surface area is 144 Å². The van der Waals surface area contributed by atoms with Gasteiger partial charge in [0.05, 0.1) is 5.56 Å². The number of oxazole rings is 1. The number of aryl methyl sites for hydroxylation is 2. The number of benzene rings is 2. The molecule has 0 saturated heterocycles. The highest BCUT2D eigenvalue weighted by Crippen LogP contribution is 2.17. The van der Waals surface area contributed by atoms with Crippen LogP contribution in [0.25, 0.3) is 11.1 Å². The third-order valence-corrected chi connectivity index (χ3v) is 3.99. The first-order valence-corrected chi connectivity index (χ1v) is 7.86. The Kier molecular flexibility index (Phi) is 4.52. The normalized spacial score (nSPS) is 12.0. The fourth-order valence-corrected chi connectivity index (χ4v) is 2.33. The summed E-state index contributed by atoms with van der Waals surface area (Å²) in [7, 11) is 0. The van der Waals surface area contributed by atoms with Gasteiger partial charge in [-0.3, -0.25) is 4.79 Å². The molecule has 0 saturated carbocycles. The zero-order valence-corrected chi connectivity index (χ0v) is 14.2. The standard InChI is InChI=1S/C19H18N2O4/c1-11-4-6-15(8-12(11)2)21-18(22)13(3)25-19(23)14-5-7-17-16(9-14)20-10-24-17/h4-10,13H,1-3H3,(H,21,22). The van der Waals surface area contributed by atoms with Crippen LogP contribution in [0.15, 0.2) is 47.2 Å². The number of hydrogen-bond acceptors (Lipinski definition) is 5. The highest BCUT2D eigenvalue weighted by atomic mass is 16.5. The van der Waals surface area contributed by atoms with E-state index in [9.17, 15) is 9.59 Å². The van der Waals surface area contributed by atoms with Crippen molar-refractivity contribution < 1.29 is 18.7 Å². The number of rotatable bonds is 4. The van der Waals surface area contributed by atoms with Crippen LogP contribution < -0.4 is 5.32 Å². The van der Waals surface area contributed by atoms with Crippen LogP contribution in [0, 0.1) is 13.8 Å². The Morgan fingerprint density at radius 2 is 1.92 bits per heavy atom. The minimum atomic E-state index is -0.929. The lowest BCUT2D eigenvalue weighted by Gasteiger charge is -2.14. The Bertz CT molecular complexity index is 946. The largest absolute Gasteiger partial charge is 0.449 e. The summed E-state index contributed by atoms with van der Waals surface area (Å²) < 4.78 is 10.4. The average molecular weight is 338 g/mol. The molecule has 128 valence electrons. The highest BCUT2D eigenvalue weighted by Gasteiger charge is 2.19. The van der Waals surface area contributed by atoms with Crippen molar-refractivity contribution in [2.45, 2.75) is 26.9 Å². The molecule has 1 aromatic heterocycles. The van der Waals surface area contributed by atoms with E-state index in [1.807, 2.05) is 32.0 Å². The lowest BCUT2D eigenvalue weighted by atomic mass is 10.1. The summed E-state index contributed by atoms with van der Waals surface area (Å²) >= 11 is 0. The second-order valence-corrected chi connectivity index (χ2v) is 5.87. The molecule has 1 heterocycles. The smallest absolute Gasteiger partial charge is 0.338 e. The summed E-state index contributed by atoms with van der Waals surface area (Å²) in [5.41, 5.74) is 4.33. The van der Waals surface area contributed by atoms with Crippen LogP contribution in [0.1, 0.15) is 28.4 Å². The van der Waals surface area contributed by atoms with E-state index >= 15 is 0 Å². The summed E-state index contributed by atoms with van der Waals surface area (Å²) in [5, 5.41) is 2.75. The van der Waals surface area contributed by atoms with Crippen molar-refractivity contribution in [1.82, 2.24) is 4.98 Å². The SMILES string of the molecule is Cc1ccc(NC(=O)C(C)OC(=O)c2ccc3ocnc3c2)cc1C. The first-order chi connectivity index (χ1) is 11.9. The number of nitrogens with zero attached hydrogens (tertiary/aromatic N) is 1. The lowest BCUT2D eigenvalue weighted by molar-refractivity contribution is -0.123. The molecule has 1 atom stereocenters. The minimum Gasteiger partial charge on any atom is -0.449 e. The fraction of sp³-hybridized carbons (Fsp3) is 0.211. The maximum absolute atomic E-state index is 12.2. The molecule has 0 aliphatic heterocycles. The van der Waals surface area contributed by atoms with Gasteiger partial charge >= 0.3 is 5.97 Å². The number of carbonyl (C=O) groups excluding carboxylic acids is 2. The number of aromatic nitrogens is 1. The molecule has 0 fully saturated rings. The number of fused-ring (bicyclic) bond motifs is 1. The van der Waals surface area contributed by atoms with E-state index < -0.39 is 12.1 Å². The molecule has 1 N–H and O–H groups in total. The average Bonchev–Trinajstić information content (AvgIpc) is 3.05. The van der Waals surface area contributed by atoms with Gasteiger partial charge in [0.25, 0.3) is 5.91 Å². The topological polar surface area (TPSA) is 81.4 Å². The zero-order valence-electron chi connectivity index (χ0n) is 14.2. The third kappa shape index (κ3) is 3.68. The third-order valence-electron chi connectivity index (χ3n) is 3.99. The van der Waals surface area contributed by atoms with E-state index in [0.717, 1.165) is 11.1 Å². The number of ether oxygens (including phenoxy) is 1. The van der Waals surface area contributed by atoms with E-state index in [4.69, 9.17) is 9.15 Å². The molecule has 2 aromatic carbocycles. The molecule has 3 rings (SSSR count). The Morgan fingerprint density at radius 3 is 2.68 bits per heavy atom. The number of amides is 1. The minimum absolute atomic E-state index is 0.312. The fourth-order valence-electron chi connectivity index (χ4n) is 2.33.